The molecule has 2 unspecified atom stereocenters. The molecule has 4 rings (SSSR count). The topological polar surface area (TPSA) is 81.9 Å². The van der Waals surface area contributed by atoms with Gasteiger partial charge >= 0.3 is 0 Å². The number of amides is 2. The lowest BCUT2D eigenvalue weighted by atomic mass is 10.1. The van der Waals surface area contributed by atoms with Crippen LogP contribution in [0.15, 0.2) is 48.5 Å². The fraction of sp³-hybridized carbons (Fsp3) is 0.440. The van der Waals surface area contributed by atoms with Crippen molar-refractivity contribution < 1.29 is 9.59 Å². The first-order valence-corrected chi connectivity index (χ1v) is 11.3. The van der Waals surface area contributed by atoms with Gasteiger partial charge in [-0.15, -0.1) is 0 Å². The van der Waals surface area contributed by atoms with Crippen LogP contribution in [0, 0.1) is 0 Å². The van der Waals surface area contributed by atoms with Gasteiger partial charge < -0.3 is 20.9 Å². The van der Waals surface area contributed by atoms with Crippen molar-refractivity contribution >= 4 is 17.5 Å². The molecular weight excluding hydrogens is 402 g/mol. The van der Waals surface area contributed by atoms with E-state index in [-0.39, 0.29) is 11.9 Å². The van der Waals surface area contributed by atoms with Crippen LogP contribution in [-0.4, -0.2) is 81.0 Å². The second-order valence-electron chi connectivity index (χ2n) is 9.06. The minimum Gasteiger partial charge on any atom is -0.368 e. The summed E-state index contributed by atoms with van der Waals surface area (Å²) in [4.78, 5) is 31.8. The summed E-state index contributed by atoms with van der Waals surface area (Å²) in [6.45, 7) is 5.62. The third-order valence-corrected chi connectivity index (χ3v) is 6.44. The molecule has 0 aromatic heterocycles. The highest BCUT2D eigenvalue weighted by Crippen LogP contribution is 2.40. The van der Waals surface area contributed by atoms with Crippen molar-refractivity contribution in [1.29, 1.82) is 0 Å². The number of primary amides is 1. The standard InChI is InChI=1S/C25H33N5O2/c1-28(2)10-11-29-12-14-30(15-13-29)23-9-8-19(16-21(23)24(26)31)25(32)27-22-17-20(22)18-6-4-3-5-7-18/h3-9,16,20,22H,10-15,17H2,1-2H3,(H2,26,31)(H,27,32). The molecule has 2 aromatic carbocycles. The highest BCUT2D eigenvalue weighted by Gasteiger charge is 2.39. The van der Waals surface area contributed by atoms with Crippen LogP contribution < -0.4 is 16.0 Å². The second kappa shape index (κ2) is 9.71. The molecule has 7 heteroatoms. The van der Waals surface area contributed by atoms with E-state index in [0.29, 0.717) is 17.0 Å². The lowest BCUT2D eigenvalue weighted by Crippen LogP contribution is -2.48. The number of hydrogen-bond donors (Lipinski definition) is 2. The average molecular weight is 436 g/mol. The maximum atomic E-state index is 12.8. The quantitative estimate of drug-likeness (QED) is 0.660. The second-order valence-corrected chi connectivity index (χ2v) is 9.06. The van der Waals surface area contributed by atoms with Crippen LogP contribution in [0.3, 0.4) is 0 Å². The summed E-state index contributed by atoms with van der Waals surface area (Å²) in [5, 5.41) is 3.10. The number of anilines is 1. The van der Waals surface area contributed by atoms with E-state index in [1.165, 1.54) is 5.56 Å². The summed E-state index contributed by atoms with van der Waals surface area (Å²) in [5.41, 5.74) is 8.65. The van der Waals surface area contributed by atoms with E-state index in [2.05, 4.69) is 46.2 Å². The molecule has 0 radical (unpaired) electrons. The summed E-state index contributed by atoms with van der Waals surface area (Å²) in [6.07, 6.45) is 0.939. The van der Waals surface area contributed by atoms with Gasteiger partial charge in [-0.1, -0.05) is 30.3 Å². The Labute approximate surface area is 190 Å². The Kier molecular flexibility index (Phi) is 6.77. The number of rotatable bonds is 8. The zero-order valence-electron chi connectivity index (χ0n) is 19.0. The van der Waals surface area contributed by atoms with Crippen molar-refractivity contribution in [2.45, 2.75) is 18.4 Å². The van der Waals surface area contributed by atoms with Gasteiger partial charge in [-0.3, -0.25) is 14.5 Å². The number of nitrogens with one attached hydrogen (secondary N) is 1. The van der Waals surface area contributed by atoms with Gasteiger partial charge in [-0.2, -0.15) is 0 Å². The van der Waals surface area contributed by atoms with Crippen LogP contribution in [0.25, 0.3) is 0 Å². The molecule has 1 aliphatic heterocycles. The molecular formula is C25H33N5O2. The summed E-state index contributed by atoms with van der Waals surface area (Å²) < 4.78 is 0. The first-order valence-electron chi connectivity index (χ1n) is 11.3. The van der Waals surface area contributed by atoms with Crippen LogP contribution in [0.4, 0.5) is 5.69 Å². The molecule has 1 saturated carbocycles. The Morgan fingerprint density at radius 1 is 1.06 bits per heavy atom. The van der Waals surface area contributed by atoms with Gasteiger partial charge in [0.1, 0.15) is 0 Å². The van der Waals surface area contributed by atoms with Crippen LogP contribution in [0.2, 0.25) is 0 Å². The van der Waals surface area contributed by atoms with Crippen molar-refractivity contribution in [2.75, 3.05) is 58.3 Å². The summed E-state index contributed by atoms with van der Waals surface area (Å²) in [7, 11) is 4.16. The van der Waals surface area contributed by atoms with Crippen molar-refractivity contribution in [3.8, 4) is 0 Å². The predicted molar refractivity (Wildman–Crippen MR) is 127 cm³/mol. The number of nitrogens with two attached hydrogens (primary N) is 1. The fourth-order valence-corrected chi connectivity index (χ4v) is 4.38. The molecule has 2 aromatic rings. The third-order valence-electron chi connectivity index (χ3n) is 6.44. The largest absolute Gasteiger partial charge is 0.368 e. The monoisotopic (exact) mass is 435 g/mol. The number of nitrogens with zero attached hydrogens (tertiary/aromatic N) is 3. The summed E-state index contributed by atoms with van der Waals surface area (Å²) in [6, 6.07) is 15.7. The molecule has 1 aliphatic carbocycles. The minimum atomic E-state index is -0.502. The fourth-order valence-electron chi connectivity index (χ4n) is 4.38. The Balaban J connectivity index is 1.39. The van der Waals surface area contributed by atoms with Gasteiger partial charge in [0, 0.05) is 62.5 Å². The van der Waals surface area contributed by atoms with E-state index >= 15 is 0 Å². The lowest BCUT2D eigenvalue weighted by Gasteiger charge is -2.37. The van der Waals surface area contributed by atoms with Crippen LogP contribution >= 0.6 is 0 Å². The predicted octanol–water partition coefficient (Wildman–Crippen LogP) is 1.76. The van der Waals surface area contributed by atoms with Gasteiger partial charge in [-0.05, 0) is 44.3 Å². The number of likely N-dealkylation sites (N-methyl/N-ethyl adjacent to an activating group) is 1. The molecule has 0 bridgehead atoms. The summed E-state index contributed by atoms with van der Waals surface area (Å²) in [5.74, 6) is -0.298. The Morgan fingerprint density at radius 3 is 2.44 bits per heavy atom. The molecule has 2 amide bonds. The van der Waals surface area contributed by atoms with Crippen LogP contribution in [0.1, 0.15) is 38.6 Å². The number of hydrogen-bond acceptors (Lipinski definition) is 5. The van der Waals surface area contributed by atoms with E-state index in [1.54, 1.807) is 12.1 Å². The molecule has 32 heavy (non-hydrogen) atoms. The molecule has 7 nitrogen and oxygen atoms in total. The van der Waals surface area contributed by atoms with E-state index in [4.69, 9.17) is 5.73 Å². The van der Waals surface area contributed by atoms with Gasteiger partial charge in [-0.25, -0.2) is 0 Å². The van der Waals surface area contributed by atoms with Crippen LogP contribution in [-0.2, 0) is 0 Å². The maximum absolute atomic E-state index is 12.8. The molecule has 2 fully saturated rings. The molecule has 170 valence electrons. The van der Waals surface area contributed by atoms with E-state index in [9.17, 15) is 9.59 Å². The minimum absolute atomic E-state index is 0.136. The van der Waals surface area contributed by atoms with Crippen LogP contribution in [0.5, 0.6) is 0 Å². The zero-order chi connectivity index (χ0) is 22.7. The molecule has 1 heterocycles. The number of benzene rings is 2. The Morgan fingerprint density at radius 2 is 1.78 bits per heavy atom. The van der Waals surface area contributed by atoms with Gasteiger partial charge in [0.05, 0.1) is 5.56 Å². The van der Waals surface area contributed by atoms with E-state index in [1.807, 2.05) is 24.3 Å². The van der Waals surface area contributed by atoms with Gasteiger partial charge in [0.25, 0.3) is 11.8 Å². The third kappa shape index (κ3) is 5.29. The average Bonchev–Trinajstić information content (AvgIpc) is 3.57. The van der Waals surface area contributed by atoms with Crippen molar-refractivity contribution in [2.24, 2.45) is 5.73 Å². The highest BCUT2D eigenvalue weighted by atomic mass is 16.2. The molecule has 0 spiro atoms. The molecule has 1 saturated heterocycles. The molecule has 2 aliphatic rings. The van der Waals surface area contributed by atoms with E-state index in [0.717, 1.165) is 51.4 Å². The smallest absolute Gasteiger partial charge is 0.251 e. The zero-order valence-corrected chi connectivity index (χ0v) is 19.0. The van der Waals surface area contributed by atoms with Crippen molar-refractivity contribution in [3.63, 3.8) is 0 Å². The van der Waals surface area contributed by atoms with Gasteiger partial charge in [0.2, 0.25) is 0 Å². The van der Waals surface area contributed by atoms with Gasteiger partial charge in [0.15, 0.2) is 0 Å². The molecule has 2 atom stereocenters. The first-order chi connectivity index (χ1) is 15.4. The van der Waals surface area contributed by atoms with Crippen molar-refractivity contribution in [3.05, 3.63) is 65.2 Å². The first kappa shape index (κ1) is 22.3. The summed E-state index contributed by atoms with van der Waals surface area (Å²) >= 11 is 0. The molecule has 3 N–H and O–H groups in total. The lowest BCUT2D eigenvalue weighted by molar-refractivity contribution is 0.0950. The Bertz CT molecular complexity index is 954. The van der Waals surface area contributed by atoms with E-state index < -0.39 is 5.91 Å². The highest BCUT2D eigenvalue weighted by molar-refractivity contribution is 6.03. The number of carbonyl (C=O) groups is 2. The SMILES string of the molecule is CN(C)CCN1CCN(c2ccc(C(=O)NC3CC3c3ccccc3)cc2C(N)=O)CC1. The Hall–Kier alpha value is -2.90. The maximum Gasteiger partial charge on any atom is 0.251 e. The number of piperazine rings is 1. The number of carbonyl (C=O) groups excluding carboxylic acids is 2. The normalized spacial score (nSPS) is 20.9. The van der Waals surface area contributed by atoms with Crippen molar-refractivity contribution in [1.82, 2.24) is 15.1 Å².